The molecular formula is C15H24N2O2. The average molecular weight is 264 g/mol. The molecule has 106 valence electrons. The predicted molar refractivity (Wildman–Crippen MR) is 74.8 cm³/mol. The Morgan fingerprint density at radius 1 is 1.58 bits per heavy atom. The van der Waals surface area contributed by atoms with E-state index in [1.807, 2.05) is 23.9 Å². The Morgan fingerprint density at radius 2 is 2.37 bits per heavy atom. The minimum Gasteiger partial charge on any atom is -0.388 e. The Labute approximate surface area is 114 Å². The van der Waals surface area contributed by atoms with Gasteiger partial charge in [-0.2, -0.15) is 0 Å². The van der Waals surface area contributed by atoms with Crippen LogP contribution in [0.4, 0.5) is 0 Å². The number of amides is 1. The molecule has 0 aliphatic heterocycles. The van der Waals surface area contributed by atoms with Crippen LogP contribution < -0.4 is 5.32 Å². The van der Waals surface area contributed by atoms with Crippen LogP contribution in [0.15, 0.2) is 12.4 Å². The first-order chi connectivity index (χ1) is 9.10. The van der Waals surface area contributed by atoms with Gasteiger partial charge < -0.3 is 15.0 Å². The van der Waals surface area contributed by atoms with Crippen molar-refractivity contribution >= 4 is 5.91 Å². The summed E-state index contributed by atoms with van der Waals surface area (Å²) in [7, 11) is 0. The van der Waals surface area contributed by atoms with E-state index in [4.69, 9.17) is 0 Å². The molecule has 2 rings (SSSR count). The fourth-order valence-corrected chi connectivity index (χ4v) is 2.81. The lowest BCUT2D eigenvalue weighted by atomic mass is 9.93. The second-order valence-electron chi connectivity index (χ2n) is 5.58. The Kier molecular flexibility index (Phi) is 4.64. The third-order valence-corrected chi connectivity index (χ3v) is 3.74. The highest BCUT2D eigenvalue weighted by Gasteiger charge is 2.20. The highest BCUT2D eigenvalue weighted by Crippen LogP contribution is 2.30. The number of carbonyl (C=O) groups excluding carboxylic acids is 1. The van der Waals surface area contributed by atoms with E-state index in [0.717, 1.165) is 37.7 Å². The quantitative estimate of drug-likeness (QED) is 0.856. The average Bonchev–Trinajstić information content (AvgIpc) is 2.72. The number of aryl methyl sites for hydroxylation is 1. The Hall–Kier alpha value is -1.29. The molecule has 1 heterocycles. The molecule has 2 N–H and O–H groups in total. The molecule has 0 radical (unpaired) electrons. The predicted octanol–water partition coefficient (Wildman–Crippen LogP) is 2.16. The minimum atomic E-state index is -0.355. The van der Waals surface area contributed by atoms with Crippen molar-refractivity contribution in [2.75, 3.05) is 0 Å². The summed E-state index contributed by atoms with van der Waals surface area (Å²) < 4.78 is 1.90. The maximum absolute atomic E-state index is 11.9. The lowest BCUT2D eigenvalue weighted by Crippen LogP contribution is -2.34. The van der Waals surface area contributed by atoms with Gasteiger partial charge >= 0.3 is 0 Å². The van der Waals surface area contributed by atoms with Crippen molar-refractivity contribution in [1.82, 2.24) is 9.88 Å². The first-order valence-corrected chi connectivity index (χ1v) is 7.26. The van der Waals surface area contributed by atoms with Crippen molar-refractivity contribution in [3.8, 4) is 0 Å². The zero-order valence-electron chi connectivity index (χ0n) is 11.9. The molecule has 0 saturated heterocycles. The Balaban J connectivity index is 1.94. The van der Waals surface area contributed by atoms with E-state index in [1.165, 1.54) is 5.56 Å². The topological polar surface area (TPSA) is 54.3 Å². The zero-order valence-corrected chi connectivity index (χ0v) is 11.9. The maximum Gasteiger partial charge on any atom is 0.240 e. The molecule has 0 saturated carbocycles. The fourth-order valence-electron chi connectivity index (χ4n) is 2.81. The second-order valence-corrected chi connectivity index (χ2v) is 5.58. The molecule has 4 nitrogen and oxygen atoms in total. The SMILES string of the molecule is CCCC(C)NC(=O)Cn1cc2c(c1)C(O)CCC2. The van der Waals surface area contributed by atoms with Crippen LogP contribution in [0.25, 0.3) is 0 Å². The maximum atomic E-state index is 11.9. The summed E-state index contributed by atoms with van der Waals surface area (Å²) in [5, 5.41) is 12.9. The van der Waals surface area contributed by atoms with Crippen LogP contribution in [0.3, 0.4) is 0 Å². The molecular weight excluding hydrogens is 240 g/mol. The van der Waals surface area contributed by atoms with Gasteiger partial charge in [-0.25, -0.2) is 0 Å². The summed E-state index contributed by atoms with van der Waals surface area (Å²) in [6.45, 7) is 4.49. The van der Waals surface area contributed by atoms with E-state index in [-0.39, 0.29) is 18.1 Å². The third-order valence-electron chi connectivity index (χ3n) is 3.74. The van der Waals surface area contributed by atoms with Gasteiger partial charge in [0.25, 0.3) is 0 Å². The molecule has 4 heteroatoms. The largest absolute Gasteiger partial charge is 0.388 e. The zero-order chi connectivity index (χ0) is 13.8. The minimum absolute atomic E-state index is 0.0442. The number of carbonyl (C=O) groups is 1. The number of fused-ring (bicyclic) bond motifs is 1. The lowest BCUT2D eigenvalue weighted by Gasteiger charge is -2.16. The van der Waals surface area contributed by atoms with Crippen LogP contribution in [-0.2, 0) is 17.8 Å². The smallest absolute Gasteiger partial charge is 0.240 e. The van der Waals surface area contributed by atoms with Crippen molar-refractivity contribution in [3.05, 3.63) is 23.5 Å². The molecule has 1 aliphatic carbocycles. The van der Waals surface area contributed by atoms with Crippen LogP contribution in [0, 0.1) is 0 Å². The highest BCUT2D eigenvalue weighted by atomic mass is 16.3. The van der Waals surface area contributed by atoms with E-state index < -0.39 is 0 Å². The van der Waals surface area contributed by atoms with Crippen molar-refractivity contribution in [2.24, 2.45) is 0 Å². The summed E-state index contributed by atoms with van der Waals surface area (Å²) in [6, 6.07) is 0.230. The molecule has 0 bridgehead atoms. The summed E-state index contributed by atoms with van der Waals surface area (Å²) in [5.74, 6) is 0.0442. The molecule has 0 spiro atoms. The van der Waals surface area contributed by atoms with Crippen LogP contribution in [0.1, 0.15) is 56.8 Å². The third kappa shape index (κ3) is 3.60. The van der Waals surface area contributed by atoms with Crippen molar-refractivity contribution in [1.29, 1.82) is 0 Å². The number of aromatic nitrogens is 1. The molecule has 1 aromatic rings. The molecule has 0 aromatic carbocycles. The van der Waals surface area contributed by atoms with Crippen molar-refractivity contribution in [2.45, 2.75) is 64.6 Å². The van der Waals surface area contributed by atoms with Gasteiger partial charge in [-0.1, -0.05) is 13.3 Å². The number of nitrogens with zero attached hydrogens (tertiary/aromatic N) is 1. The highest BCUT2D eigenvalue weighted by molar-refractivity contribution is 5.76. The van der Waals surface area contributed by atoms with E-state index in [2.05, 4.69) is 12.2 Å². The number of aliphatic hydroxyl groups excluding tert-OH is 1. The van der Waals surface area contributed by atoms with Gasteiger partial charge in [0.1, 0.15) is 6.54 Å². The van der Waals surface area contributed by atoms with Gasteiger partial charge in [0, 0.05) is 24.0 Å². The summed E-state index contributed by atoms with van der Waals surface area (Å²) >= 11 is 0. The van der Waals surface area contributed by atoms with Gasteiger partial charge in [0.15, 0.2) is 0 Å². The molecule has 2 atom stereocenters. The van der Waals surface area contributed by atoms with Crippen molar-refractivity contribution in [3.63, 3.8) is 0 Å². The van der Waals surface area contributed by atoms with E-state index in [9.17, 15) is 9.90 Å². The molecule has 1 aromatic heterocycles. The van der Waals surface area contributed by atoms with Crippen LogP contribution in [0.2, 0.25) is 0 Å². The molecule has 2 unspecified atom stereocenters. The molecule has 19 heavy (non-hydrogen) atoms. The van der Waals surface area contributed by atoms with Gasteiger partial charge in [-0.15, -0.1) is 0 Å². The van der Waals surface area contributed by atoms with Gasteiger partial charge in [0.2, 0.25) is 5.91 Å². The standard InChI is InChI=1S/C15H24N2O2/c1-3-5-11(2)16-15(19)10-17-8-12-6-4-7-14(18)13(12)9-17/h8-9,11,14,18H,3-7,10H2,1-2H3,(H,16,19). The normalized spacial score (nSPS) is 19.8. The Bertz CT molecular complexity index is 439. The number of aliphatic hydroxyl groups is 1. The van der Waals surface area contributed by atoms with Crippen LogP contribution in [-0.4, -0.2) is 21.6 Å². The first-order valence-electron chi connectivity index (χ1n) is 7.26. The summed E-state index contributed by atoms with van der Waals surface area (Å²) in [5.41, 5.74) is 2.19. The van der Waals surface area contributed by atoms with Gasteiger partial charge in [-0.3, -0.25) is 4.79 Å². The summed E-state index contributed by atoms with van der Waals surface area (Å²) in [6.07, 6.45) is 8.51. The van der Waals surface area contributed by atoms with E-state index in [1.54, 1.807) is 0 Å². The summed E-state index contributed by atoms with van der Waals surface area (Å²) in [4.78, 5) is 11.9. The van der Waals surface area contributed by atoms with E-state index in [0.29, 0.717) is 6.54 Å². The Morgan fingerprint density at radius 3 is 3.05 bits per heavy atom. The number of hydrogen-bond donors (Lipinski definition) is 2. The van der Waals surface area contributed by atoms with Gasteiger partial charge in [-0.05, 0) is 38.2 Å². The van der Waals surface area contributed by atoms with Crippen LogP contribution >= 0.6 is 0 Å². The van der Waals surface area contributed by atoms with Crippen molar-refractivity contribution < 1.29 is 9.90 Å². The number of rotatable bonds is 5. The molecule has 1 amide bonds. The van der Waals surface area contributed by atoms with Gasteiger partial charge in [0.05, 0.1) is 6.10 Å². The monoisotopic (exact) mass is 264 g/mol. The molecule has 1 aliphatic rings. The van der Waals surface area contributed by atoms with Crippen LogP contribution in [0.5, 0.6) is 0 Å². The molecule has 0 fully saturated rings. The van der Waals surface area contributed by atoms with E-state index >= 15 is 0 Å². The number of nitrogens with one attached hydrogen (secondary N) is 1. The first kappa shape index (κ1) is 14.1. The second kappa shape index (κ2) is 6.24. The lowest BCUT2D eigenvalue weighted by molar-refractivity contribution is -0.122. The fraction of sp³-hybridized carbons (Fsp3) is 0.667. The number of hydrogen-bond acceptors (Lipinski definition) is 2.